The van der Waals surface area contributed by atoms with Crippen LogP contribution in [-0.2, 0) is 4.74 Å². The Morgan fingerprint density at radius 3 is 2.50 bits per heavy atom. The van der Waals surface area contributed by atoms with E-state index in [1.807, 2.05) is 6.92 Å². The Hall–Kier alpha value is -1.27. The molecule has 1 aromatic carbocycles. The Morgan fingerprint density at radius 1 is 1.28 bits per heavy atom. The minimum Gasteiger partial charge on any atom is -0.405 e. The number of para-hydroxylation sites is 1. The van der Waals surface area contributed by atoms with Crippen LogP contribution in [0.5, 0.6) is 5.75 Å². The van der Waals surface area contributed by atoms with E-state index in [0.717, 1.165) is 0 Å². The first kappa shape index (κ1) is 14.8. The number of ether oxygens (including phenoxy) is 2. The van der Waals surface area contributed by atoms with Crippen LogP contribution in [0.25, 0.3) is 0 Å². The number of methoxy groups -OCH3 is 1. The summed E-state index contributed by atoms with van der Waals surface area (Å²) in [5, 5.41) is 3.05. The summed E-state index contributed by atoms with van der Waals surface area (Å²) in [7, 11) is 1.50. The van der Waals surface area contributed by atoms with E-state index in [-0.39, 0.29) is 18.4 Å². The molecule has 0 heterocycles. The Morgan fingerprint density at radius 2 is 1.94 bits per heavy atom. The summed E-state index contributed by atoms with van der Waals surface area (Å²) in [4.78, 5) is 0. The largest absolute Gasteiger partial charge is 0.573 e. The number of rotatable bonds is 6. The number of benzene rings is 1. The predicted octanol–water partition coefficient (Wildman–Crippen LogP) is 2.88. The van der Waals surface area contributed by atoms with E-state index in [0.29, 0.717) is 12.1 Å². The molecule has 0 aliphatic carbocycles. The Labute approximate surface area is 104 Å². The minimum absolute atomic E-state index is 0.201. The SMILES string of the molecule is CCNC(COC)c1ccccc1OC(F)(F)F. The van der Waals surface area contributed by atoms with E-state index >= 15 is 0 Å². The maximum Gasteiger partial charge on any atom is 0.573 e. The molecule has 1 unspecified atom stereocenters. The zero-order chi connectivity index (χ0) is 13.6. The van der Waals surface area contributed by atoms with Gasteiger partial charge in [-0.25, -0.2) is 0 Å². The first-order valence-electron chi connectivity index (χ1n) is 5.55. The molecule has 0 aromatic heterocycles. The molecule has 0 saturated carbocycles. The predicted molar refractivity (Wildman–Crippen MR) is 61.4 cm³/mol. The first-order chi connectivity index (χ1) is 8.48. The van der Waals surface area contributed by atoms with Gasteiger partial charge in [0.2, 0.25) is 0 Å². The molecule has 0 bridgehead atoms. The zero-order valence-electron chi connectivity index (χ0n) is 10.3. The fraction of sp³-hybridized carbons (Fsp3) is 0.500. The third-order valence-corrected chi connectivity index (χ3v) is 2.30. The molecule has 6 heteroatoms. The van der Waals surface area contributed by atoms with Gasteiger partial charge >= 0.3 is 6.36 Å². The molecule has 18 heavy (non-hydrogen) atoms. The minimum atomic E-state index is -4.69. The van der Waals surface area contributed by atoms with E-state index in [4.69, 9.17) is 4.74 Å². The molecule has 1 N–H and O–H groups in total. The third-order valence-electron chi connectivity index (χ3n) is 2.30. The number of nitrogens with one attached hydrogen (secondary N) is 1. The van der Waals surface area contributed by atoms with Crippen LogP contribution in [0.1, 0.15) is 18.5 Å². The van der Waals surface area contributed by atoms with E-state index in [1.54, 1.807) is 12.1 Å². The summed E-state index contributed by atoms with van der Waals surface area (Å²) < 4.78 is 45.9. The van der Waals surface area contributed by atoms with Crippen molar-refractivity contribution in [2.45, 2.75) is 19.3 Å². The highest BCUT2D eigenvalue weighted by atomic mass is 19.4. The molecule has 3 nitrogen and oxygen atoms in total. The lowest BCUT2D eigenvalue weighted by Crippen LogP contribution is -2.27. The van der Waals surface area contributed by atoms with Crippen LogP contribution >= 0.6 is 0 Å². The molecule has 1 atom stereocenters. The van der Waals surface area contributed by atoms with Crippen molar-refractivity contribution in [3.63, 3.8) is 0 Å². The van der Waals surface area contributed by atoms with Crippen molar-refractivity contribution >= 4 is 0 Å². The Bertz CT molecular complexity index is 363. The van der Waals surface area contributed by atoms with Crippen LogP contribution in [0.2, 0.25) is 0 Å². The lowest BCUT2D eigenvalue weighted by molar-refractivity contribution is -0.275. The molecule has 1 rings (SSSR count). The Balaban J connectivity index is 2.97. The molecule has 0 amide bonds. The maximum atomic E-state index is 12.3. The number of likely N-dealkylation sites (N-methyl/N-ethyl adjacent to an activating group) is 1. The monoisotopic (exact) mass is 263 g/mol. The number of alkyl halides is 3. The van der Waals surface area contributed by atoms with Gasteiger partial charge in [0.25, 0.3) is 0 Å². The van der Waals surface area contributed by atoms with Gasteiger partial charge in [0.1, 0.15) is 5.75 Å². The van der Waals surface area contributed by atoms with E-state index < -0.39 is 6.36 Å². The van der Waals surface area contributed by atoms with Gasteiger partial charge in [-0.2, -0.15) is 0 Å². The maximum absolute atomic E-state index is 12.3. The van der Waals surface area contributed by atoms with Gasteiger partial charge in [-0.15, -0.1) is 13.2 Å². The van der Waals surface area contributed by atoms with Gasteiger partial charge in [-0.3, -0.25) is 0 Å². The molecule has 0 aliphatic heterocycles. The van der Waals surface area contributed by atoms with Gasteiger partial charge in [0, 0.05) is 12.7 Å². The summed E-state index contributed by atoms with van der Waals surface area (Å²) in [5.74, 6) is -0.201. The van der Waals surface area contributed by atoms with Crippen molar-refractivity contribution < 1.29 is 22.6 Å². The quantitative estimate of drug-likeness (QED) is 0.856. The summed E-state index contributed by atoms with van der Waals surface area (Å²) in [6.07, 6.45) is -4.69. The van der Waals surface area contributed by atoms with Gasteiger partial charge in [-0.1, -0.05) is 25.1 Å². The van der Waals surface area contributed by atoms with Gasteiger partial charge in [0.15, 0.2) is 0 Å². The highest BCUT2D eigenvalue weighted by Crippen LogP contribution is 2.30. The second-order valence-electron chi connectivity index (χ2n) is 3.65. The molecule has 0 saturated heterocycles. The number of halogens is 3. The highest BCUT2D eigenvalue weighted by Gasteiger charge is 2.32. The number of hydrogen-bond acceptors (Lipinski definition) is 3. The summed E-state index contributed by atoms with van der Waals surface area (Å²) in [6, 6.07) is 5.72. The van der Waals surface area contributed by atoms with Gasteiger partial charge in [0.05, 0.1) is 12.6 Å². The normalized spacial score (nSPS) is 13.4. The van der Waals surface area contributed by atoms with E-state index in [1.165, 1.54) is 19.2 Å². The molecular formula is C12H16F3NO2. The third kappa shape index (κ3) is 4.54. The standard InChI is InChI=1S/C12H16F3NO2/c1-3-16-10(8-17-2)9-6-4-5-7-11(9)18-12(13,14)15/h4-7,10,16H,3,8H2,1-2H3. The second-order valence-corrected chi connectivity index (χ2v) is 3.65. The fourth-order valence-electron chi connectivity index (χ4n) is 1.66. The first-order valence-corrected chi connectivity index (χ1v) is 5.55. The molecule has 0 spiro atoms. The molecule has 102 valence electrons. The van der Waals surface area contributed by atoms with Crippen LogP contribution in [0.4, 0.5) is 13.2 Å². The van der Waals surface area contributed by atoms with Crippen molar-refractivity contribution in [2.75, 3.05) is 20.3 Å². The molecular weight excluding hydrogens is 247 g/mol. The molecule has 0 fully saturated rings. The van der Waals surface area contributed by atoms with E-state index in [2.05, 4.69) is 10.1 Å². The summed E-state index contributed by atoms with van der Waals surface area (Å²) in [5.41, 5.74) is 0.429. The average molecular weight is 263 g/mol. The average Bonchev–Trinajstić information content (AvgIpc) is 2.27. The smallest absolute Gasteiger partial charge is 0.405 e. The van der Waals surface area contributed by atoms with Crippen LogP contribution < -0.4 is 10.1 Å². The van der Waals surface area contributed by atoms with Crippen molar-refractivity contribution in [2.24, 2.45) is 0 Å². The van der Waals surface area contributed by atoms with Gasteiger partial charge < -0.3 is 14.8 Å². The van der Waals surface area contributed by atoms with Crippen molar-refractivity contribution in [3.8, 4) is 5.75 Å². The highest BCUT2D eigenvalue weighted by molar-refractivity contribution is 5.36. The number of hydrogen-bond donors (Lipinski definition) is 1. The molecule has 0 radical (unpaired) electrons. The second kappa shape index (κ2) is 6.61. The molecule has 0 aliphatic rings. The van der Waals surface area contributed by atoms with Crippen LogP contribution in [0.15, 0.2) is 24.3 Å². The summed E-state index contributed by atoms with van der Waals surface area (Å²) in [6.45, 7) is 2.76. The fourth-order valence-corrected chi connectivity index (χ4v) is 1.66. The van der Waals surface area contributed by atoms with Crippen molar-refractivity contribution in [1.29, 1.82) is 0 Å². The van der Waals surface area contributed by atoms with Gasteiger partial charge in [-0.05, 0) is 12.6 Å². The van der Waals surface area contributed by atoms with Crippen LogP contribution in [0.3, 0.4) is 0 Å². The van der Waals surface area contributed by atoms with E-state index in [9.17, 15) is 13.2 Å². The van der Waals surface area contributed by atoms with Crippen LogP contribution in [0, 0.1) is 0 Å². The topological polar surface area (TPSA) is 30.5 Å². The van der Waals surface area contributed by atoms with Crippen LogP contribution in [-0.4, -0.2) is 26.6 Å². The lowest BCUT2D eigenvalue weighted by Gasteiger charge is -2.21. The lowest BCUT2D eigenvalue weighted by atomic mass is 10.1. The van der Waals surface area contributed by atoms with Crippen molar-refractivity contribution in [3.05, 3.63) is 29.8 Å². The summed E-state index contributed by atoms with van der Waals surface area (Å²) >= 11 is 0. The van der Waals surface area contributed by atoms with Crippen molar-refractivity contribution in [1.82, 2.24) is 5.32 Å². The zero-order valence-corrected chi connectivity index (χ0v) is 10.3. The molecule has 1 aromatic rings. The Kier molecular flexibility index (Phi) is 5.43.